The molecular formula is C17H18N2O5S. The third-order valence-corrected chi connectivity index (χ3v) is 4.71. The first kappa shape index (κ1) is 17.2. The molecule has 0 radical (unpaired) electrons. The highest BCUT2D eigenvalue weighted by molar-refractivity contribution is 7.16. The summed E-state index contributed by atoms with van der Waals surface area (Å²) in [6, 6.07) is 4.03. The van der Waals surface area contributed by atoms with Crippen LogP contribution in [0.25, 0.3) is 10.2 Å². The van der Waals surface area contributed by atoms with E-state index in [1.807, 2.05) is 26.0 Å². The van der Waals surface area contributed by atoms with Crippen LogP contribution in [0.2, 0.25) is 0 Å². The maximum Gasteiger partial charge on any atom is 0.325 e. The molecule has 1 amide bonds. The SMILES string of the molecule is COC(=O)Cn1c(=NC(=O)C2=COCCO2)sc2cc(C)cc(C)c21. The number of aryl methyl sites for hydroxylation is 2. The lowest BCUT2D eigenvalue weighted by Crippen LogP contribution is -2.24. The van der Waals surface area contributed by atoms with E-state index >= 15 is 0 Å². The Labute approximate surface area is 148 Å². The first-order valence-electron chi connectivity index (χ1n) is 7.70. The molecule has 1 aliphatic rings. The Kier molecular flexibility index (Phi) is 4.89. The van der Waals surface area contributed by atoms with Gasteiger partial charge in [0.05, 0.1) is 17.3 Å². The molecule has 2 heterocycles. The minimum absolute atomic E-state index is 0.0249. The molecule has 0 spiro atoms. The van der Waals surface area contributed by atoms with Gasteiger partial charge < -0.3 is 18.8 Å². The number of esters is 1. The summed E-state index contributed by atoms with van der Waals surface area (Å²) < 4.78 is 17.8. The van der Waals surface area contributed by atoms with Gasteiger partial charge in [-0.05, 0) is 31.0 Å². The molecule has 1 aliphatic heterocycles. The summed E-state index contributed by atoms with van der Waals surface area (Å²) in [4.78, 5) is 28.7. The van der Waals surface area contributed by atoms with Gasteiger partial charge in [-0.15, -0.1) is 0 Å². The van der Waals surface area contributed by atoms with E-state index < -0.39 is 11.9 Å². The fourth-order valence-electron chi connectivity index (χ4n) is 2.64. The molecule has 7 nitrogen and oxygen atoms in total. The molecule has 0 bridgehead atoms. The highest BCUT2D eigenvalue weighted by Crippen LogP contribution is 2.23. The second-order valence-electron chi connectivity index (χ2n) is 5.59. The zero-order valence-corrected chi connectivity index (χ0v) is 15.0. The highest BCUT2D eigenvalue weighted by atomic mass is 32.1. The van der Waals surface area contributed by atoms with E-state index in [0.717, 1.165) is 21.3 Å². The lowest BCUT2D eigenvalue weighted by atomic mass is 10.1. The van der Waals surface area contributed by atoms with Gasteiger partial charge in [-0.2, -0.15) is 4.99 Å². The number of ether oxygens (including phenoxy) is 3. The van der Waals surface area contributed by atoms with Crippen LogP contribution in [0.5, 0.6) is 0 Å². The van der Waals surface area contributed by atoms with Crippen molar-refractivity contribution >= 4 is 33.4 Å². The summed E-state index contributed by atoms with van der Waals surface area (Å²) in [5, 5.41) is 0. The molecule has 0 atom stereocenters. The number of methoxy groups -OCH3 is 1. The van der Waals surface area contributed by atoms with Crippen LogP contribution in [-0.2, 0) is 30.3 Å². The Morgan fingerprint density at radius 1 is 1.32 bits per heavy atom. The molecule has 1 aromatic heterocycles. The van der Waals surface area contributed by atoms with Gasteiger partial charge in [0.15, 0.2) is 4.80 Å². The molecule has 8 heteroatoms. The zero-order valence-electron chi connectivity index (χ0n) is 14.2. The lowest BCUT2D eigenvalue weighted by Gasteiger charge is -2.12. The number of nitrogens with zero attached hydrogens (tertiary/aromatic N) is 2. The third-order valence-electron chi connectivity index (χ3n) is 3.68. The van der Waals surface area contributed by atoms with Gasteiger partial charge in [0.2, 0.25) is 5.76 Å². The Hall–Kier alpha value is -2.61. The van der Waals surface area contributed by atoms with Crippen molar-refractivity contribution in [3.63, 3.8) is 0 Å². The van der Waals surface area contributed by atoms with E-state index in [2.05, 4.69) is 4.99 Å². The zero-order chi connectivity index (χ0) is 18.0. The van der Waals surface area contributed by atoms with Crippen LogP contribution in [0.3, 0.4) is 0 Å². The average molecular weight is 362 g/mol. The standard InChI is InChI=1S/C17H18N2O5S/c1-10-6-11(2)15-13(7-10)25-17(19(15)8-14(20)22-3)18-16(21)12-9-23-4-5-24-12/h6-7,9H,4-5,8H2,1-3H3. The summed E-state index contributed by atoms with van der Waals surface area (Å²) in [7, 11) is 1.33. The predicted molar refractivity (Wildman–Crippen MR) is 91.9 cm³/mol. The van der Waals surface area contributed by atoms with Gasteiger partial charge in [-0.1, -0.05) is 17.4 Å². The number of carbonyl (C=O) groups is 2. The van der Waals surface area contributed by atoms with Crippen LogP contribution >= 0.6 is 11.3 Å². The predicted octanol–water partition coefficient (Wildman–Crippen LogP) is 1.81. The normalized spacial score (nSPS) is 14.7. The summed E-state index contributed by atoms with van der Waals surface area (Å²) >= 11 is 1.34. The minimum atomic E-state index is -0.542. The topological polar surface area (TPSA) is 79.1 Å². The molecule has 2 aromatic rings. The maximum atomic E-state index is 12.3. The summed E-state index contributed by atoms with van der Waals surface area (Å²) in [5.74, 6) is -0.898. The number of hydrogen-bond acceptors (Lipinski definition) is 6. The van der Waals surface area contributed by atoms with Crippen LogP contribution in [0, 0.1) is 13.8 Å². The molecule has 0 aliphatic carbocycles. The van der Waals surface area contributed by atoms with Gasteiger partial charge in [-0.25, -0.2) is 0 Å². The van der Waals surface area contributed by atoms with E-state index in [0.29, 0.717) is 18.0 Å². The number of hydrogen-bond donors (Lipinski definition) is 0. The van der Waals surface area contributed by atoms with Gasteiger partial charge in [0.25, 0.3) is 0 Å². The van der Waals surface area contributed by atoms with Crippen molar-refractivity contribution in [2.24, 2.45) is 4.99 Å². The van der Waals surface area contributed by atoms with Crippen LogP contribution in [0.4, 0.5) is 0 Å². The van der Waals surface area contributed by atoms with E-state index in [4.69, 9.17) is 14.2 Å². The quantitative estimate of drug-likeness (QED) is 0.778. The van der Waals surface area contributed by atoms with E-state index in [-0.39, 0.29) is 12.3 Å². The fourth-order valence-corrected chi connectivity index (χ4v) is 3.84. The van der Waals surface area contributed by atoms with Crippen molar-refractivity contribution < 1.29 is 23.8 Å². The largest absolute Gasteiger partial charge is 0.494 e. The van der Waals surface area contributed by atoms with Crippen LogP contribution in [0.1, 0.15) is 11.1 Å². The number of carbonyl (C=O) groups excluding carboxylic acids is 2. The monoisotopic (exact) mass is 362 g/mol. The van der Waals surface area contributed by atoms with E-state index in [1.165, 1.54) is 24.7 Å². The van der Waals surface area contributed by atoms with E-state index in [9.17, 15) is 9.59 Å². The summed E-state index contributed by atoms with van der Waals surface area (Å²) in [6.45, 7) is 4.64. The van der Waals surface area contributed by atoms with Crippen LogP contribution < -0.4 is 4.80 Å². The van der Waals surface area contributed by atoms with Gasteiger partial charge in [0, 0.05) is 0 Å². The molecule has 3 rings (SSSR count). The molecular weight excluding hydrogens is 344 g/mol. The number of rotatable bonds is 3. The summed E-state index contributed by atoms with van der Waals surface area (Å²) in [5.41, 5.74) is 2.96. The van der Waals surface area contributed by atoms with Crippen molar-refractivity contribution in [1.29, 1.82) is 0 Å². The minimum Gasteiger partial charge on any atom is -0.494 e. The lowest BCUT2D eigenvalue weighted by molar-refractivity contribution is -0.141. The third kappa shape index (κ3) is 3.58. The maximum absolute atomic E-state index is 12.3. The van der Waals surface area contributed by atoms with Gasteiger partial charge in [0.1, 0.15) is 26.0 Å². The molecule has 132 valence electrons. The van der Waals surface area contributed by atoms with Crippen molar-refractivity contribution in [2.45, 2.75) is 20.4 Å². The van der Waals surface area contributed by atoms with Crippen molar-refractivity contribution in [1.82, 2.24) is 4.57 Å². The Bertz CT molecular complexity index is 938. The molecule has 0 saturated carbocycles. The number of benzene rings is 1. The number of fused-ring (bicyclic) bond motifs is 1. The van der Waals surface area contributed by atoms with Crippen molar-refractivity contribution in [3.05, 3.63) is 40.1 Å². The number of aromatic nitrogens is 1. The van der Waals surface area contributed by atoms with Gasteiger partial charge in [-0.3, -0.25) is 9.59 Å². The molecule has 25 heavy (non-hydrogen) atoms. The molecule has 0 N–H and O–H groups in total. The second kappa shape index (κ2) is 7.10. The van der Waals surface area contributed by atoms with Crippen molar-refractivity contribution in [2.75, 3.05) is 20.3 Å². The summed E-state index contributed by atoms with van der Waals surface area (Å²) in [6.07, 6.45) is 1.27. The number of thiazole rings is 1. The van der Waals surface area contributed by atoms with Crippen molar-refractivity contribution in [3.8, 4) is 0 Å². The first-order valence-corrected chi connectivity index (χ1v) is 8.52. The Morgan fingerprint density at radius 3 is 2.80 bits per heavy atom. The highest BCUT2D eigenvalue weighted by Gasteiger charge is 2.17. The Balaban J connectivity index is 2.15. The first-order chi connectivity index (χ1) is 12.0. The molecule has 0 fully saturated rings. The second-order valence-corrected chi connectivity index (χ2v) is 6.60. The molecule has 0 saturated heterocycles. The average Bonchev–Trinajstić information content (AvgIpc) is 2.92. The number of amides is 1. The Morgan fingerprint density at radius 2 is 2.12 bits per heavy atom. The molecule has 0 unspecified atom stereocenters. The van der Waals surface area contributed by atoms with E-state index in [1.54, 1.807) is 4.57 Å². The molecule has 1 aromatic carbocycles. The van der Waals surface area contributed by atoms with Crippen LogP contribution in [0.15, 0.2) is 29.1 Å². The van der Waals surface area contributed by atoms with Gasteiger partial charge >= 0.3 is 11.9 Å². The fraction of sp³-hybridized carbons (Fsp3) is 0.353. The van der Waals surface area contributed by atoms with Crippen LogP contribution in [-0.4, -0.2) is 36.8 Å². The smallest absolute Gasteiger partial charge is 0.325 e.